The fourth-order valence-corrected chi connectivity index (χ4v) is 2.93. The van der Waals surface area contributed by atoms with Crippen molar-refractivity contribution in [3.05, 3.63) is 29.8 Å². The van der Waals surface area contributed by atoms with Gasteiger partial charge in [0.1, 0.15) is 5.75 Å². The van der Waals surface area contributed by atoms with Gasteiger partial charge in [0, 0.05) is 6.54 Å². The minimum absolute atomic E-state index is 0.00267. The molecule has 126 valence electrons. The smallest absolute Gasteiger partial charge is 0.242 e. The maximum absolute atomic E-state index is 12.5. The lowest BCUT2D eigenvalue weighted by molar-refractivity contribution is -0.134. The molecule has 1 atom stereocenters. The van der Waals surface area contributed by atoms with Gasteiger partial charge in [-0.2, -0.15) is 0 Å². The van der Waals surface area contributed by atoms with Crippen LogP contribution in [0, 0.1) is 0 Å². The summed E-state index contributed by atoms with van der Waals surface area (Å²) in [7, 11) is 1.64. The Morgan fingerprint density at radius 3 is 2.65 bits per heavy atom. The number of carbonyl (C=O) groups is 2. The monoisotopic (exact) mass is 319 g/mol. The SMILES string of the molecule is COc1ccc(C2CCCCCN2C(=O)CNC(=O)CN)cc1. The predicted octanol–water partition coefficient (Wildman–Crippen LogP) is 1.21. The second-order valence-corrected chi connectivity index (χ2v) is 5.71. The van der Waals surface area contributed by atoms with Crippen LogP contribution in [0.3, 0.4) is 0 Å². The molecule has 1 aliphatic rings. The molecule has 23 heavy (non-hydrogen) atoms. The molecular weight excluding hydrogens is 294 g/mol. The number of rotatable bonds is 5. The third-order valence-electron chi connectivity index (χ3n) is 4.20. The molecule has 0 aliphatic carbocycles. The average Bonchev–Trinajstić information content (AvgIpc) is 2.85. The minimum atomic E-state index is -0.311. The van der Waals surface area contributed by atoms with Crippen LogP contribution in [0.2, 0.25) is 0 Å². The highest BCUT2D eigenvalue weighted by Gasteiger charge is 2.26. The Balaban J connectivity index is 2.12. The Bertz CT molecular complexity index is 530. The molecule has 6 heteroatoms. The molecular formula is C17H25N3O3. The van der Waals surface area contributed by atoms with Crippen LogP contribution in [-0.4, -0.2) is 43.5 Å². The number of nitrogens with two attached hydrogens (primary N) is 1. The van der Waals surface area contributed by atoms with Gasteiger partial charge in [0.2, 0.25) is 11.8 Å². The van der Waals surface area contributed by atoms with Crippen molar-refractivity contribution < 1.29 is 14.3 Å². The van der Waals surface area contributed by atoms with Crippen molar-refractivity contribution in [2.24, 2.45) is 5.73 Å². The molecule has 0 aromatic heterocycles. The van der Waals surface area contributed by atoms with Crippen molar-refractivity contribution in [3.8, 4) is 5.75 Å². The van der Waals surface area contributed by atoms with Gasteiger partial charge in [-0.1, -0.05) is 25.0 Å². The van der Waals surface area contributed by atoms with Gasteiger partial charge in [0.05, 0.1) is 26.2 Å². The van der Waals surface area contributed by atoms with E-state index < -0.39 is 0 Å². The second kappa shape index (κ2) is 8.53. The van der Waals surface area contributed by atoms with E-state index in [2.05, 4.69) is 5.32 Å². The first-order valence-corrected chi connectivity index (χ1v) is 8.06. The van der Waals surface area contributed by atoms with Crippen molar-refractivity contribution >= 4 is 11.8 Å². The average molecular weight is 319 g/mol. The Morgan fingerprint density at radius 2 is 2.00 bits per heavy atom. The number of ether oxygens (including phenoxy) is 1. The van der Waals surface area contributed by atoms with E-state index in [0.29, 0.717) is 6.54 Å². The molecule has 1 aromatic carbocycles. The molecule has 2 amide bonds. The number of methoxy groups -OCH3 is 1. The standard InChI is InChI=1S/C17H25N3O3/c1-23-14-8-6-13(7-9-14)15-5-3-2-4-10-20(15)17(22)12-19-16(21)11-18/h6-9,15H,2-5,10-12,18H2,1H3,(H,19,21). The largest absolute Gasteiger partial charge is 0.497 e. The number of hydrogen-bond acceptors (Lipinski definition) is 4. The van der Waals surface area contributed by atoms with Crippen molar-refractivity contribution in [2.45, 2.75) is 31.7 Å². The molecule has 6 nitrogen and oxygen atoms in total. The van der Waals surface area contributed by atoms with Gasteiger partial charge in [0.25, 0.3) is 0 Å². The van der Waals surface area contributed by atoms with E-state index in [1.165, 1.54) is 0 Å². The summed E-state index contributed by atoms with van der Waals surface area (Å²) in [6, 6.07) is 7.89. The van der Waals surface area contributed by atoms with Crippen LogP contribution < -0.4 is 15.8 Å². The maximum Gasteiger partial charge on any atom is 0.242 e. The lowest BCUT2D eigenvalue weighted by Gasteiger charge is -2.30. The van der Waals surface area contributed by atoms with Crippen LogP contribution >= 0.6 is 0 Å². The molecule has 1 aromatic rings. The maximum atomic E-state index is 12.5. The molecule has 1 heterocycles. The Labute approximate surface area is 137 Å². The number of nitrogens with one attached hydrogen (secondary N) is 1. The van der Waals surface area contributed by atoms with Crippen LogP contribution in [-0.2, 0) is 9.59 Å². The van der Waals surface area contributed by atoms with E-state index in [0.717, 1.165) is 37.0 Å². The lowest BCUT2D eigenvalue weighted by atomic mass is 10.0. The fourth-order valence-electron chi connectivity index (χ4n) is 2.93. The van der Waals surface area contributed by atoms with Gasteiger partial charge in [-0.05, 0) is 30.5 Å². The summed E-state index contributed by atoms with van der Waals surface area (Å²) in [5.74, 6) is 0.430. The molecule has 0 spiro atoms. The zero-order valence-corrected chi connectivity index (χ0v) is 13.6. The van der Waals surface area contributed by atoms with E-state index >= 15 is 0 Å². The molecule has 0 bridgehead atoms. The number of carbonyl (C=O) groups excluding carboxylic acids is 2. The molecule has 1 saturated heterocycles. The summed E-state index contributed by atoms with van der Waals surface area (Å²) in [6.45, 7) is 0.617. The summed E-state index contributed by atoms with van der Waals surface area (Å²) in [4.78, 5) is 25.7. The van der Waals surface area contributed by atoms with Crippen LogP contribution in [0.15, 0.2) is 24.3 Å². The van der Waals surface area contributed by atoms with Crippen molar-refractivity contribution in [3.63, 3.8) is 0 Å². The highest BCUT2D eigenvalue weighted by molar-refractivity contribution is 5.85. The molecule has 1 aliphatic heterocycles. The van der Waals surface area contributed by atoms with E-state index in [4.69, 9.17) is 10.5 Å². The van der Waals surface area contributed by atoms with Crippen LogP contribution in [0.1, 0.15) is 37.3 Å². The zero-order valence-electron chi connectivity index (χ0n) is 13.6. The van der Waals surface area contributed by atoms with Gasteiger partial charge in [-0.3, -0.25) is 9.59 Å². The Morgan fingerprint density at radius 1 is 1.26 bits per heavy atom. The Kier molecular flexibility index (Phi) is 6.40. The van der Waals surface area contributed by atoms with Gasteiger partial charge in [-0.15, -0.1) is 0 Å². The number of benzene rings is 1. The molecule has 1 unspecified atom stereocenters. The summed E-state index contributed by atoms with van der Waals surface area (Å²) in [5, 5.41) is 2.56. The molecule has 2 rings (SSSR count). The van der Waals surface area contributed by atoms with Crippen LogP contribution in [0.25, 0.3) is 0 Å². The zero-order chi connectivity index (χ0) is 16.7. The number of likely N-dealkylation sites (tertiary alicyclic amines) is 1. The topological polar surface area (TPSA) is 84.7 Å². The number of amides is 2. The highest BCUT2D eigenvalue weighted by atomic mass is 16.5. The van der Waals surface area contributed by atoms with Gasteiger partial charge in [-0.25, -0.2) is 0 Å². The van der Waals surface area contributed by atoms with E-state index in [1.54, 1.807) is 7.11 Å². The predicted molar refractivity (Wildman–Crippen MR) is 88.0 cm³/mol. The van der Waals surface area contributed by atoms with Crippen molar-refractivity contribution in [1.29, 1.82) is 0 Å². The van der Waals surface area contributed by atoms with Crippen LogP contribution in [0.4, 0.5) is 0 Å². The first-order chi connectivity index (χ1) is 11.2. The van der Waals surface area contributed by atoms with Crippen molar-refractivity contribution in [2.75, 3.05) is 26.7 Å². The molecule has 1 fully saturated rings. The van der Waals surface area contributed by atoms with Gasteiger partial charge in [0.15, 0.2) is 0 Å². The van der Waals surface area contributed by atoms with E-state index in [-0.39, 0.29) is 30.9 Å². The quantitative estimate of drug-likeness (QED) is 0.854. The van der Waals surface area contributed by atoms with E-state index in [9.17, 15) is 9.59 Å². The van der Waals surface area contributed by atoms with Gasteiger partial charge >= 0.3 is 0 Å². The number of hydrogen-bond donors (Lipinski definition) is 2. The summed E-state index contributed by atoms with van der Waals surface area (Å²) in [6.07, 6.45) is 4.13. The third kappa shape index (κ3) is 4.69. The summed E-state index contributed by atoms with van der Waals surface area (Å²) < 4.78 is 5.19. The molecule has 0 saturated carbocycles. The van der Waals surface area contributed by atoms with Crippen molar-refractivity contribution in [1.82, 2.24) is 10.2 Å². The molecule has 3 N–H and O–H groups in total. The fraction of sp³-hybridized carbons (Fsp3) is 0.529. The number of nitrogens with zero attached hydrogens (tertiary/aromatic N) is 1. The lowest BCUT2D eigenvalue weighted by Crippen LogP contribution is -2.43. The summed E-state index contributed by atoms with van der Waals surface area (Å²) in [5.41, 5.74) is 6.36. The van der Waals surface area contributed by atoms with Crippen LogP contribution in [0.5, 0.6) is 5.75 Å². The second-order valence-electron chi connectivity index (χ2n) is 5.71. The van der Waals surface area contributed by atoms with E-state index in [1.807, 2.05) is 29.2 Å². The minimum Gasteiger partial charge on any atom is -0.497 e. The summed E-state index contributed by atoms with van der Waals surface area (Å²) >= 11 is 0. The van der Waals surface area contributed by atoms with Gasteiger partial charge < -0.3 is 20.7 Å². The highest BCUT2D eigenvalue weighted by Crippen LogP contribution is 2.31. The molecule has 0 radical (unpaired) electrons. The third-order valence-corrected chi connectivity index (χ3v) is 4.20. The normalized spacial score (nSPS) is 18.2. The Hall–Kier alpha value is -2.08. The first kappa shape index (κ1) is 17.3. The first-order valence-electron chi connectivity index (χ1n) is 8.06.